The van der Waals surface area contributed by atoms with E-state index in [0.717, 1.165) is 11.1 Å². The average molecular weight is 536 g/mol. The van der Waals surface area contributed by atoms with Crippen LogP contribution in [0.3, 0.4) is 0 Å². The summed E-state index contributed by atoms with van der Waals surface area (Å²) in [4.78, 5) is 15.2. The molecule has 3 aromatic carbocycles. The van der Waals surface area contributed by atoms with Crippen molar-refractivity contribution in [2.24, 2.45) is 0 Å². The van der Waals surface area contributed by atoms with Crippen molar-refractivity contribution in [2.75, 3.05) is 26.9 Å². The largest absolute Gasteiger partial charge is 0.493 e. The van der Waals surface area contributed by atoms with Crippen molar-refractivity contribution in [3.05, 3.63) is 88.8 Å². The summed E-state index contributed by atoms with van der Waals surface area (Å²) in [6, 6.07) is 23.0. The van der Waals surface area contributed by atoms with Crippen LogP contribution in [0.4, 0.5) is 0 Å². The molecule has 1 aliphatic rings. The zero-order chi connectivity index (χ0) is 26.0. The van der Waals surface area contributed by atoms with Crippen LogP contribution in [0.15, 0.2) is 77.7 Å². The number of hydrogen-bond acceptors (Lipinski definition) is 7. The van der Waals surface area contributed by atoms with E-state index >= 15 is 0 Å². The second-order valence-corrected chi connectivity index (χ2v) is 9.77. The molecule has 0 aromatic heterocycles. The first kappa shape index (κ1) is 26.6. The van der Waals surface area contributed by atoms with Crippen LogP contribution in [0.5, 0.6) is 23.0 Å². The van der Waals surface area contributed by atoms with Crippen molar-refractivity contribution >= 4 is 40.3 Å². The highest BCUT2D eigenvalue weighted by atomic mass is 32.2. The maximum Gasteiger partial charge on any atom is 0.266 e. The second kappa shape index (κ2) is 13.2. The molecule has 0 bridgehead atoms. The van der Waals surface area contributed by atoms with Crippen LogP contribution < -0.4 is 18.9 Å². The summed E-state index contributed by atoms with van der Waals surface area (Å²) in [5.74, 6) is 2.59. The highest BCUT2D eigenvalue weighted by Crippen LogP contribution is 2.35. The maximum atomic E-state index is 13.0. The lowest BCUT2D eigenvalue weighted by Gasteiger charge is -2.14. The molecular weight excluding hydrogens is 506 g/mol. The molecule has 0 radical (unpaired) electrons. The molecule has 1 saturated heterocycles. The fraction of sp³-hybridized carbons (Fsp3) is 0.241. The van der Waals surface area contributed by atoms with Crippen molar-refractivity contribution in [1.82, 2.24) is 4.90 Å². The summed E-state index contributed by atoms with van der Waals surface area (Å²) in [5.41, 5.74) is 1.88. The zero-order valence-corrected chi connectivity index (χ0v) is 22.5. The third-order valence-corrected chi connectivity index (χ3v) is 6.87. The van der Waals surface area contributed by atoms with Crippen molar-refractivity contribution in [2.45, 2.75) is 19.9 Å². The Kier molecular flexibility index (Phi) is 9.46. The zero-order valence-electron chi connectivity index (χ0n) is 20.8. The molecule has 0 unspecified atom stereocenters. The second-order valence-electron chi connectivity index (χ2n) is 8.09. The Bertz CT molecular complexity index is 1260. The lowest BCUT2D eigenvalue weighted by molar-refractivity contribution is -0.122. The molecular formula is C29H29NO5S2. The van der Waals surface area contributed by atoms with Crippen molar-refractivity contribution in [3.63, 3.8) is 0 Å². The van der Waals surface area contributed by atoms with E-state index in [2.05, 4.69) is 0 Å². The Labute approximate surface area is 227 Å². The molecule has 37 heavy (non-hydrogen) atoms. The topological polar surface area (TPSA) is 57.2 Å². The number of thiocarbonyl (C=S) groups is 1. The molecule has 1 heterocycles. The van der Waals surface area contributed by atoms with Gasteiger partial charge in [-0.15, -0.1) is 0 Å². The first-order valence-corrected chi connectivity index (χ1v) is 13.3. The van der Waals surface area contributed by atoms with Gasteiger partial charge >= 0.3 is 0 Å². The van der Waals surface area contributed by atoms with Gasteiger partial charge in [-0.1, -0.05) is 72.5 Å². The highest BCUT2D eigenvalue weighted by Gasteiger charge is 2.32. The standard InChI is InChI=1S/C29H29NO5S2/c1-3-33-26-18-22(19-27-28(31)30(29(36)37-27)20-21-10-5-4-6-11-21)14-15-25(26)35-17-9-16-34-24-13-8-7-12-23(24)32-2/h4-8,10-15,18-19H,3,9,16-17,20H2,1-2H3/b27-19-. The average Bonchev–Trinajstić information content (AvgIpc) is 3.17. The number of amides is 1. The number of para-hydroxylation sites is 2. The van der Waals surface area contributed by atoms with Gasteiger partial charge in [0.15, 0.2) is 23.0 Å². The summed E-state index contributed by atoms with van der Waals surface area (Å²) in [6.45, 7) is 3.84. The summed E-state index contributed by atoms with van der Waals surface area (Å²) in [5, 5.41) is 0. The fourth-order valence-electron chi connectivity index (χ4n) is 3.72. The molecule has 0 N–H and O–H groups in total. The molecule has 1 aliphatic heterocycles. The first-order valence-electron chi connectivity index (χ1n) is 12.0. The SMILES string of the molecule is CCOc1cc(/C=C2\SC(=S)N(Cc3ccccc3)C2=O)ccc1OCCCOc1ccccc1OC. The summed E-state index contributed by atoms with van der Waals surface area (Å²) >= 11 is 6.79. The van der Waals surface area contributed by atoms with Crippen LogP contribution in [-0.4, -0.2) is 42.1 Å². The predicted octanol–water partition coefficient (Wildman–Crippen LogP) is 6.34. The lowest BCUT2D eigenvalue weighted by Crippen LogP contribution is -2.27. The third-order valence-electron chi connectivity index (χ3n) is 5.50. The normalized spacial score (nSPS) is 14.2. The molecule has 1 amide bonds. The van der Waals surface area contributed by atoms with Crippen LogP contribution >= 0.6 is 24.0 Å². The van der Waals surface area contributed by atoms with Gasteiger partial charge in [0.2, 0.25) is 0 Å². The van der Waals surface area contributed by atoms with Gasteiger partial charge in [0.05, 0.1) is 38.4 Å². The van der Waals surface area contributed by atoms with Gasteiger partial charge in [-0.3, -0.25) is 9.69 Å². The predicted molar refractivity (Wildman–Crippen MR) is 151 cm³/mol. The smallest absolute Gasteiger partial charge is 0.266 e. The number of benzene rings is 3. The van der Waals surface area contributed by atoms with E-state index in [1.165, 1.54) is 11.8 Å². The Morgan fingerprint density at radius 3 is 2.24 bits per heavy atom. The van der Waals surface area contributed by atoms with E-state index in [0.29, 0.717) is 65.0 Å². The minimum atomic E-state index is -0.0906. The van der Waals surface area contributed by atoms with Crippen LogP contribution in [0.1, 0.15) is 24.5 Å². The van der Waals surface area contributed by atoms with Crippen LogP contribution in [-0.2, 0) is 11.3 Å². The van der Waals surface area contributed by atoms with Crippen LogP contribution in [0.2, 0.25) is 0 Å². The lowest BCUT2D eigenvalue weighted by atomic mass is 10.1. The molecule has 0 spiro atoms. The first-order chi connectivity index (χ1) is 18.1. The van der Waals surface area contributed by atoms with Gasteiger partial charge in [0.1, 0.15) is 4.32 Å². The molecule has 4 rings (SSSR count). The van der Waals surface area contributed by atoms with Gasteiger partial charge < -0.3 is 18.9 Å². The molecule has 3 aromatic rings. The van der Waals surface area contributed by atoms with E-state index in [4.69, 9.17) is 31.2 Å². The Morgan fingerprint density at radius 2 is 1.54 bits per heavy atom. The number of nitrogens with zero attached hydrogens (tertiary/aromatic N) is 1. The van der Waals surface area contributed by atoms with E-state index < -0.39 is 0 Å². The van der Waals surface area contributed by atoms with E-state index in [-0.39, 0.29) is 5.91 Å². The molecule has 8 heteroatoms. The maximum absolute atomic E-state index is 13.0. The molecule has 0 aliphatic carbocycles. The van der Waals surface area contributed by atoms with Crippen molar-refractivity contribution < 1.29 is 23.7 Å². The molecule has 192 valence electrons. The van der Waals surface area contributed by atoms with Crippen molar-refractivity contribution in [3.8, 4) is 23.0 Å². The van der Waals surface area contributed by atoms with Gasteiger partial charge in [-0.2, -0.15) is 0 Å². The number of carbonyl (C=O) groups excluding carboxylic acids is 1. The summed E-state index contributed by atoms with van der Waals surface area (Å²) in [6.07, 6.45) is 2.53. The summed E-state index contributed by atoms with van der Waals surface area (Å²) in [7, 11) is 1.62. The van der Waals surface area contributed by atoms with Crippen LogP contribution in [0.25, 0.3) is 6.08 Å². The number of rotatable bonds is 12. The molecule has 0 saturated carbocycles. The molecule has 6 nitrogen and oxygen atoms in total. The third kappa shape index (κ3) is 7.05. The molecule has 1 fully saturated rings. The minimum absolute atomic E-state index is 0.0906. The van der Waals surface area contributed by atoms with Crippen LogP contribution in [0, 0.1) is 0 Å². The number of hydrogen-bond donors (Lipinski definition) is 0. The number of ether oxygens (including phenoxy) is 4. The van der Waals surface area contributed by atoms with E-state index in [1.807, 2.05) is 85.8 Å². The Hall–Kier alpha value is -3.49. The van der Waals surface area contributed by atoms with Gasteiger partial charge in [-0.05, 0) is 48.4 Å². The quantitative estimate of drug-likeness (QED) is 0.152. The Balaban J connectivity index is 1.36. The van der Waals surface area contributed by atoms with E-state index in [9.17, 15) is 4.79 Å². The number of carbonyl (C=O) groups is 1. The molecule has 0 atom stereocenters. The van der Waals surface area contributed by atoms with Crippen molar-refractivity contribution in [1.29, 1.82) is 0 Å². The van der Waals surface area contributed by atoms with Gasteiger partial charge in [0.25, 0.3) is 5.91 Å². The Morgan fingerprint density at radius 1 is 0.865 bits per heavy atom. The number of thioether (sulfide) groups is 1. The van der Waals surface area contributed by atoms with E-state index in [1.54, 1.807) is 12.0 Å². The fourth-order valence-corrected chi connectivity index (χ4v) is 4.97. The number of methoxy groups -OCH3 is 1. The van der Waals surface area contributed by atoms with Gasteiger partial charge in [-0.25, -0.2) is 0 Å². The minimum Gasteiger partial charge on any atom is -0.493 e. The highest BCUT2D eigenvalue weighted by molar-refractivity contribution is 8.26. The monoisotopic (exact) mass is 535 g/mol. The summed E-state index contributed by atoms with van der Waals surface area (Å²) < 4.78 is 23.5. The van der Waals surface area contributed by atoms with Gasteiger partial charge in [0, 0.05) is 6.42 Å².